The van der Waals surface area contributed by atoms with E-state index in [4.69, 9.17) is 27.6 Å². The minimum Gasteiger partial charge on any atom is -0.467 e. The summed E-state index contributed by atoms with van der Waals surface area (Å²) in [5.41, 5.74) is 0.822. The lowest BCUT2D eigenvalue weighted by Gasteiger charge is -2.17. The molecule has 1 unspecified atom stereocenters. The molecule has 0 amide bonds. The lowest BCUT2D eigenvalue weighted by molar-refractivity contribution is 0.474. The van der Waals surface area contributed by atoms with Crippen molar-refractivity contribution < 1.29 is 4.42 Å². The number of nitrogens with one attached hydrogen (secondary N) is 1. The first-order valence-corrected chi connectivity index (χ1v) is 6.21. The average Bonchev–Trinajstić information content (AvgIpc) is 2.84. The molecule has 0 spiro atoms. The fraction of sp³-hybridized carbons (Fsp3) is 0.231. The molecule has 2 nitrogen and oxygen atoms in total. The third kappa shape index (κ3) is 2.96. The minimum absolute atomic E-state index is 0.0981. The highest BCUT2D eigenvalue weighted by atomic mass is 35.5. The second-order valence-corrected chi connectivity index (χ2v) is 4.59. The summed E-state index contributed by atoms with van der Waals surface area (Å²) in [6.45, 7) is 2.08. The normalized spacial score (nSPS) is 12.4. The number of anilines is 1. The first-order valence-electron chi connectivity index (χ1n) is 5.45. The van der Waals surface area contributed by atoms with E-state index in [1.165, 1.54) is 0 Å². The first-order chi connectivity index (χ1) is 8.20. The molecule has 1 atom stereocenters. The summed E-state index contributed by atoms with van der Waals surface area (Å²) in [5.74, 6) is 0.892. The SMILES string of the molecule is CCC(Nc1cc(Cl)ccc1Cl)c1ccco1. The van der Waals surface area contributed by atoms with Crippen LogP contribution in [-0.4, -0.2) is 0 Å². The maximum atomic E-state index is 6.11. The van der Waals surface area contributed by atoms with Gasteiger partial charge in [-0.25, -0.2) is 0 Å². The van der Waals surface area contributed by atoms with Crippen LogP contribution in [0.25, 0.3) is 0 Å². The summed E-state index contributed by atoms with van der Waals surface area (Å²) >= 11 is 12.1. The highest BCUT2D eigenvalue weighted by molar-refractivity contribution is 6.35. The van der Waals surface area contributed by atoms with E-state index in [-0.39, 0.29) is 6.04 Å². The van der Waals surface area contributed by atoms with E-state index in [9.17, 15) is 0 Å². The lowest BCUT2D eigenvalue weighted by atomic mass is 10.1. The van der Waals surface area contributed by atoms with Gasteiger partial charge in [0.05, 0.1) is 23.0 Å². The molecule has 1 aromatic heterocycles. The molecule has 2 rings (SSSR count). The summed E-state index contributed by atoms with van der Waals surface area (Å²) in [5, 5.41) is 4.64. The van der Waals surface area contributed by atoms with Crippen molar-refractivity contribution >= 4 is 28.9 Å². The van der Waals surface area contributed by atoms with Crippen LogP contribution in [0.15, 0.2) is 41.0 Å². The number of hydrogen-bond donors (Lipinski definition) is 1. The van der Waals surface area contributed by atoms with Gasteiger partial charge < -0.3 is 9.73 Å². The summed E-state index contributed by atoms with van der Waals surface area (Å²) < 4.78 is 5.39. The molecule has 0 radical (unpaired) electrons. The molecule has 0 bridgehead atoms. The van der Waals surface area contributed by atoms with Crippen LogP contribution in [-0.2, 0) is 0 Å². The van der Waals surface area contributed by atoms with E-state index in [0.29, 0.717) is 10.0 Å². The smallest absolute Gasteiger partial charge is 0.125 e. The molecular weight excluding hydrogens is 257 g/mol. The van der Waals surface area contributed by atoms with E-state index < -0.39 is 0 Å². The molecule has 0 aliphatic carbocycles. The molecule has 0 saturated carbocycles. The van der Waals surface area contributed by atoms with Crippen molar-refractivity contribution in [1.82, 2.24) is 0 Å². The molecule has 0 fully saturated rings. The van der Waals surface area contributed by atoms with Gasteiger partial charge in [0.1, 0.15) is 5.76 Å². The van der Waals surface area contributed by atoms with Crippen molar-refractivity contribution in [3.63, 3.8) is 0 Å². The Kier molecular flexibility index (Phi) is 3.97. The molecule has 90 valence electrons. The summed E-state index contributed by atoms with van der Waals surface area (Å²) in [7, 11) is 0. The van der Waals surface area contributed by atoms with Gasteiger partial charge in [0.15, 0.2) is 0 Å². The Labute approximate surface area is 111 Å². The van der Waals surface area contributed by atoms with Gasteiger partial charge >= 0.3 is 0 Å². The fourth-order valence-electron chi connectivity index (χ4n) is 1.66. The molecule has 2 aromatic rings. The number of furan rings is 1. The molecule has 17 heavy (non-hydrogen) atoms. The van der Waals surface area contributed by atoms with Gasteiger partial charge in [0.25, 0.3) is 0 Å². The minimum atomic E-state index is 0.0981. The predicted octanol–water partition coefficient (Wildman–Crippen LogP) is 5.15. The third-order valence-corrected chi connectivity index (χ3v) is 3.12. The second-order valence-electron chi connectivity index (χ2n) is 3.74. The summed E-state index contributed by atoms with van der Waals surface area (Å²) in [6.07, 6.45) is 2.57. The van der Waals surface area contributed by atoms with Crippen molar-refractivity contribution in [2.24, 2.45) is 0 Å². The molecule has 1 N–H and O–H groups in total. The maximum Gasteiger partial charge on any atom is 0.125 e. The Morgan fingerprint density at radius 1 is 1.29 bits per heavy atom. The van der Waals surface area contributed by atoms with Crippen LogP contribution in [0.2, 0.25) is 10.0 Å². The summed E-state index contributed by atoms with van der Waals surface area (Å²) in [6, 6.07) is 9.28. The molecule has 0 aliphatic rings. The maximum absolute atomic E-state index is 6.11. The van der Waals surface area contributed by atoms with E-state index >= 15 is 0 Å². The Morgan fingerprint density at radius 3 is 2.76 bits per heavy atom. The highest BCUT2D eigenvalue weighted by Crippen LogP contribution is 2.30. The van der Waals surface area contributed by atoms with Crippen molar-refractivity contribution in [3.05, 3.63) is 52.4 Å². The molecule has 0 saturated heterocycles. The van der Waals surface area contributed by atoms with Crippen LogP contribution in [0.3, 0.4) is 0 Å². The van der Waals surface area contributed by atoms with Gasteiger partial charge in [-0.3, -0.25) is 0 Å². The zero-order valence-electron chi connectivity index (χ0n) is 9.41. The van der Waals surface area contributed by atoms with E-state index in [1.807, 2.05) is 18.2 Å². The number of hydrogen-bond acceptors (Lipinski definition) is 2. The Balaban J connectivity index is 2.21. The monoisotopic (exact) mass is 269 g/mol. The van der Waals surface area contributed by atoms with Gasteiger partial charge in [-0.1, -0.05) is 30.1 Å². The van der Waals surface area contributed by atoms with Gasteiger partial charge in [0, 0.05) is 5.02 Å². The van der Waals surface area contributed by atoms with E-state index in [1.54, 1.807) is 18.4 Å². The second kappa shape index (κ2) is 5.48. The molecular formula is C13H13Cl2NO. The van der Waals surface area contributed by atoms with Crippen LogP contribution in [0.1, 0.15) is 25.1 Å². The van der Waals surface area contributed by atoms with Crippen LogP contribution in [0.5, 0.6) is 0 Å². The summed E-state index contributed by atoms with van der Waals surface area (Å²) in [4.78, 5) is 0. The zero-order chi connectivity index (χ0) is 12.3. The van der Waals surface area contributed by atoms with Crippen LogP contribution >= 0.6 is 23.2 Å². The lowest BCUT2D eigenvalue weighted by Crippen LogP contribution is -2.09. The number of halogens is 2. The Morgan fingerprint density at radius 2 is 2.12 bits per heavy atom. The number of benzene rings is 1. The Hall–Kier alpha value is -1.12. The van der Waals surface area contributed by atoms with Crippen LogP contribution < -0.4 is 5.32 Å². The first kappa shape index (κ1) is 12.3. The molecule has 1 heterocycles. The van der Waals surface area contributed by atoms with E-state index in [0.717, 1.165) is 17.9 Å². The van der Waals surface area contributed by atoms with Crippen molar-refractivity contribution in [2.45, 2.75) is 19.4 Å². The quantitative estimate of drug-likeness (QED) is 0.831. The van der Waals surface area contributed by atoms with Crippen molar-refractivity contribution in [1.29, 1.82) is 0 Å². The van der Waals surface area contributed by atoms with Crippen LogP contribution in [0.4, 0.5) is 5.69 Å². The van der Waals surface area contributed by atoms with Gasteiger partial charge in [0.2, 0.25) is 0 Å². The predicted molar refractivity (Wildman–Crippen MR) is 71.8 cm³/mol. The van der Waals surface area contributed by atoms with Crippen molar-refractivity contribution in [2.75, 3.05) is 5.32 Å². The Bertz CT molecular complexity index is 482. The van der Waals surface area contributed by atoms with E-state index in [2.05, 4.69) is 12.2 Å². The molecule has 0 aliphatic heterocycles. The van der Waals surface area contributed by atoms with Crippen molar-refractivity contribution in [3.8, 4) is 0 Å². The van der Waals surface area contributed by atoms with Crippen LogP contribution in [0, 0.1) is 0 Å². The van der Waals surface area contributed by atoms with Gasteiger partial charge in [-0.15, -0.1) is 0 Å². The largest absolute Gasteiger partial charge is 0.467 e. The fourth-order valence-corrected chi connectivity index (χ4v) is 2.00. The third-order valence-electron chi connectivity index (χ3n) is 2.55. The molecule has 1 aromatic carbocycles. The molecule has 4 heteroatoms. The van der Waals surface area contributed by atoms with Gasteiger partial charge in [-0.05, 0) is 36.8 Å². The van der Waals surface area contributed by atoms with Gasteiger partial charge in [-0.2, -0.15) is 0 Å². The average molecular weight is 270 g/mol. The number of rotatable bonds is 4. The topological polar surface area (TPSA) is 25.2 Å². The highest BCUT2D eigenvalue weighted by Gasteiger charge is 2.13. The standard InChI is InChI=1S/C13H13Cl2NO/c1-2-11(13-4-3-7-17-13)16-12-8-9(14)5-6-10(12)15/h3-8,11,16H,2H2,1H3. The zero-order valence-corrected chi connectivity index (χ0v) is 10.9.